The molecule has 0 spiro atoms. The van der Waals surface area contributed by atoms with Gasteiger partial charge in [-0.15, -0.1) is 0 Å². The van der Waals surface area contributed by atoms with Gasteiger partial charge in [0.1, 0.15) is 5.82 Å². The van der Waals surface area contributed by atoms with Crippen LogP contribution in [-0.2, 0) is 6.18 Å². The Morgan fingerprint density at radius 1 is 1.16 bits per heavy atom. The molecule has 0 amide bonds. The van der Waals surface area contributed by atoms with E-state index in [1.165, 1.54) is 18.2 Å². The second-order valence-electron chi connectivity index (χ2n) is 5.87. The van der Waals surface area contributed by atoms with Crippen molar-refractivity contribution in [3.63, 3.8) is 0 Å². The average Bonchev–Trinajstić information content (AvgIpc) is 3.02. The van der Waals surface area contributed by atoms with E-state index in [-0.39, 0.29) is 11.5 Å². The first-order valence-corrected chi connectivity index (χ1v) is 7.63. The van der Waals surface area contributed by atoms with Crippen molar-refractivity contribution in [2.45, 2.75) is 32.4 Å². The number of nitrogens with zero attached hydrogens (tertiary/aromatic N) is 3. The quantitative estimate of drug-likeness (QED) is 0.923. The third kappa shape index (κ3) is 3.67. The molecule has 1 N–H and O–H groups in total. The Bertz CT molecular complexity index is 911. The fourth-order valence-corrected chi connectivity index (χ4v) is 2.63. The second kappa shape index (κ2) is 6.27. The van der Waals surface area contributed by atoms with Crippen LogP contribution in [0.25, 0.3) is 0 Å². The van der Waals surface area contributed by atoms with Gasteiger partial charge in [-0.2, -0.15) is 23.4 Å². The van der Waals surface area contributed by atoms with Crippen LogP contribution in [0, 0.1) is 6.92 Å². The molecular formula is C17H15F3N4O. The standard InChI is InChI=1S/C17H15F3N4O/c1-9(11-3-5-12(6-4-11)17(18,19)20)13-7-15(24-23-13)14-8-16(25)22-10(2)21-14/h3-6,8-9H,7H2,1-2H3,(H,21,22,25). The number of aromatic nitrogens is 2. The number of rotatable bonds is 3. The molecule has 0 aliphatic carbocycles. The van der Waals surface area contributed by atoms with Crippen LogP contribution in [0.4, 0.5) is 13.2 Å². The molecule has 0 saturated carbocycles. The molecule has 3 rings (SSSR count). The second-order valence-corrected chi connectivity index (χ2v) is 5.87. The molecule has 130 valence electrons. The Morgan fingerprint density at radius 3 is 2.44 bits per heavy atom. The van der Waals surface area contributed by atoms with Gasteiger partial charge in [-0.25, -0.2) is 4.98 Å². The number of aromatic amines is 1. The molecule has 1 aliphatic rings. The molecular weight excluding hydrogens is 333 g/mol. The Kier molecular flexibility index (Phi) is 4.28. The predicted molar refractivity (Wildman–Crippen MR) is 88.0 cm³/mol. The maximum atomic E-state index is 12.6. The van der Waals surface area contributed by atoms with E-state index in [9.17, 15) is 18.0 Å². The third-order valence-corrected chi connectivity index (χ3v) is 4.04. The fraction of sp³-hybridized carbons (Fsp3) is 0.294. The molecule has 2 heterocycles. The maximum Gasteiger partial charge on any atom is 0.416 e. The lowest BCUT2D eigenvalue weighted by Gasteiger charge is -2.13. The molecule has 1 aromatic carbocycles. The molecule has 5 nitrogen and oxygen atoms in total. The van der Waals surface area contributed by atoms with E-state index in [1.54, 1.807) is 6.92 Å². The summed E-state index contributed by atoms with van der Waals surface area (Å²) in [7, 11) is 0. The number of benzene rings is 1. The molecule has 1 atom stereocenters. The summed E-state index contributed by atoms with van der Waals surface area (Å²) >= 11 is 0. The highest BCUT2D eigenvalue weighted by atomic mass is 19.4. The first-order chi connectivity index (χ1) is 11.7. The van der Waals surface area contributed by atoms with Crippen LogP contribution in [0.15, 0.2) is 45.3 Å². The fourth-order valence-electron chi connectivity index (χ4n) is 2.63. The minimum absolute atomic E-state index is 0.188. The number of alkyl halides is 3. The van der Waals surface area contributed by atoms with Crippen LogP contribution in [0.5, 0.6) is 0 Å². The van der Waals surface area contributed by atoms with Crippen LogP contribution in [-0.4, -0.2) is 21.4 Å². The van der Waals surface area contributed by atoms with E-state index in [2.05, 4.69) is 20.2 Å². The van der Waals surface area contributed by atoms with E-state index in [4.69, 9.17) is 0 Å². The van der Waals surface area contributed by atoms with Gasteiger partial charge in [-0.1, -0.05) is 19.1 Å². The summed E-state index contributed by atoms with van der Waals surface area (Å²) in [6, 6.07) is 6.37. The molecule has 0 saturated heterocycles. The van der Waals surface area contributed by atoms with Crippen LogP contribution < -0.4 is 5.56 Å². The van der Waals surface area contributed by atoms with Gasteiger partial charge in [0.25, 0.3) is 5.56 Å². The summed E-state index contributed by atoms with van der Waals surface area (Å²) in [5, 5.41) is 8.21. The van der Waals surface area contributed by atoms with Crippen molar-refractivity contribution in [2.24, 2.45) is 10.2 Å². The third-order valence-electron chi connectivity index (χ3n) is 4.04. The first-order valence-electron chi connectivity index (χ1n) is 7.63. The van der Waals surface area contributed by atoms with Crippen LogP contribution >= 0.6 is 0 Å². The molecule has 8 heteroatoms. The Labute approximate surface area is 141 Å². The van der Waals surface area contributed by atoms with Crippen molar-refractivity contribution in [3.05, 3.63) is 63.3 Å². The van der Waals surface area contributed by atoms with E-state index in [1.807, 2.05) is 6.92 Å². The molecule has 1 aromatic heterocycles. The summed E-state index contributed by atoms with van der Waals surface area (Å²) < 4.78 is 37.9. The summed E-state index contributed by atoms with van der Waals surface area (Å²) in [5.41, 5.74) is 1.52. The molecule has 0 bridgehead atoms. The zero-order valence-electron chi connectivity index (χ0n) is 13.6. The molecule has 0 fully saturated rings. The van der Waals surface area contributed by atoms with Crippen molar-refractivity contribution < 1.29 is 13.2 Å². The molecule has 0 radical (unpaired) electrons. The predicted octanol–water partition coefficient (Wildman–Crippen LogP) is 3.45. The first kappa shape index (κ1) is 17.1. The number of aryl methyl sites for hydroxylation is 1. The molecule has 1 unspecified atom stereocenters. The van der Waals surface area contributed by atoms with E-state index >= 15 is 0 Å². The van der Waals surface area contributed by atoms with Gasteiger partial charge in [-0.05, 0) is 24.6 Å². The number of halogens is 3. The lowest BCUT2D eigenvalue weighted by molar-refractivity contribution is -0.137. The number of nitrogens with one attached hydrogen (secondary N) is 1. The summed E-state index contributed by atoms with van der Waals surface area (Å²) in [5.74, 6) is 0.293. The lowest BCUT2D eigenvalue weighted by atomic mass is 9.92. The van der Waals surface area contributed by atoms with Crippen LogP contribution in [0.2, 0.25) is 0 Å². The van der Waals surface area contributed by atoms with Crippen LogP contribution in [0.1, 0.15) is 41.9 Å². The Hall–Kier alpha value is -2.77. The average molecular weight is 348 g/mol. The summed E-state index contributed by atoms with van der Waals surface area (Å²) in [6.07, 6.45) is -3.95. The Morgan fingerprint density at radius 2 is 1.84 bits per heavy atom. The van der Waals surface area contributed by atoms with E-state index in [0.717, 1.165) is 23.4 Å². The topological polar surface area (TPSA) is 70.5 Å². The lowest BCUT2D eigenvalue weighted by Crippen LogP contribution is -2.16. The van der Waals surface area contributed by atoms with Crippen molar-refractivity contribution in [2.75, 3.05) is 0 Å². The van der Waals surface area contributed by atoms with Crippen molar-refractivity contribution in [3.8, 4) is 0 Å². The summed E-state index contributed by atoms with van der Waals surface area (Å²) in [4.78, 5) is 18.3. The van der Waals surface area contributed by atoms with E-state index in [0.29, 0.717) is 23.7 Å². The zero-order chi connectivity index (χ0) is 18.2. The minimum atomic E-state index is -4.35. The summed E-state index contributed by atoms with van der Waals surface area (Å²) in [6.45, 7) is 3.53. The van der Waals surface area contributed by atoms with Crippen LogP contribution in [0.3, 0.4) is 0 Å². The number of hydrogen-bond acceptors (Lipinski definition) is 4. The molecule has 2 aromatic rings. The monoisotopic (exact) mass is 348 g/mol. The highest BCUT2D eigenvalue weighted by Gasteiger charge is 2.30. The van der Waals surface area contributed by atoms with Gasteiger partial charge >= 0.3 is 6.18 Å². The van der Waals surface area contributed by atoms with Crippen molar-refractivity contribution >= 4 is 11.4 Å². The maximum absolute atomic E-state index is 12.6. The smallest absolute Gasteiger partial charge is 0.311 e. The van der Waals surface area contributed by atoms with Crippen molar-refractivity contribution in [1.82, 2.24) is 9.97 Å². The highest BCUT2D eigenvalue weighted by molar-refractivity contribution is 6.15. The van der Waals surface area contributed by atoms with Crippen molar-refractivity contribution in [1.29, 1.82) is 0 Å². The van der Waals surface area contributed by atoms with Gasteiger partial charge in [0, 0.05) is 18.4 Å². The van der Waals surface area contributed by atoms with Gasteiger partial charge in [0.2, 0.25) is 0 Å². The molecule has 25 heavy (non-hydrogen) atoms. The Balaban J connectivity index is 1.75. The normalized spacial score (nSPS) is 15.7. The van der Waals surface area contributed by atoms with Gasteiger partial charge < -0.3 is 4.98 Å². The highest BCUT2D eigenvalue weighted by Crippen LogP contribution is 2.31. The van der Waals surface area contributed by atoms with Gasteiger partial charge in [0.05, 0.1) is 22.7 Å². The minimum Gasteiger partial charge on any atom is -0.311 e. The van der Waals surface area contributed by atoms with E-state index < -0.39 is 11.7 Å². The van der Waals surface area contributed by atoms with Gasteiger partial charge in [-0.3, -0.25) is 4.79 Å². The number of hydrogen-bond donors (Lipinski definition) is 1. The largest absolute Gasteiger partial charge is 0.416 e. The van der Waals surface area contributed by atoms with Gasteiger partial charge in [0.15, 0.2) is 0 Å². The number of H-pyrrole nitrogens is 1. The molecule has 1 aliphatic heterocycles. The zero-order valence-corrected chi connectivity index (χ0v) is 13.6. The SMILES string of the molecule is Cc1nc(C2=NN=C(C(C)c3ccc(C(F)(F)F)cc3)C2)cc(=O)[nH]1.